The third-order valence-electron chi connectivity index (χ3n) is 4.26. The zero-order valence-electron chi connectivity index (χ0n) is 11.9. The summed E-state index contributed by atoms with van der Waals surface area (Å²) in [5, 5.41) is 3.45. The summed E-state index contributed by atoms with van der Waals surface area (Å²) in [6, 6.07) is 1.08. The maximum absolute atomic E-state index is 5.79. The molecule has 0 aromatic carbocycles. The zero-order valence-corrected chi connectivity index (χ0v) is 13.0. The Morgan fingerprint density at radius 2 is 1.72 bits per heavy atom. The summed E-state index contributed by atoms with van der Waals surface area (Å²) in [5.74, 6) is 2.83. The molecule has 0 amide bonds. The fourth-order valence-corrected chi connectivity index (χ4v) is 4.00. The van der Waals surface area contributed by atoms with E-state index < -0.39 is 9.28 Å². The van der Waals surface area contributed by atoms with Crippen LogP contribution in [-0.4, -0.2) is 49.3 Å². The molecule has 2 unspecified atom stereocenters. The highest BCUT2D eigenvalue weighted by Crippen LogP contribution is 2.69. The summed E-state index contributed by atoms with van der Waals surface area (Å²) in [7, 11) is 2.15. The minimum Gasteiger partial charge on any atom is -0.400 e. The fourth-order valence-electron chi connectivity index (χ4n) is 2.80. The number of hydrogen-bond donors (Lipinski definition) is 1. The van der Waals surface area contributed by atoms with Crippen molar-refractivity contribution in [3.05, 3.63) is 0 Å². The predicted molar refractivity (Wildman–Crippen MR) is 74.0 cm³/mol. The second-order valence-corrected chi connectivity index (χ2v) is 7.88. The Kier molecular flexibility index (Phi) is 5.63. The number of nitrogens with one attached hydrogen (secondary N) is 1. The molecule has 1 N–H and O–H groups in total. The van der Waals surface area contributed by atoms with Gasteiger partial charge in [0.25, 0.3) is 0 Å². The van der Waals surface area contributed by atoms with E-state index in [4.69, 9.17) is 13.6 Å². The molecule has 106 valence electrons. The Balaban J connectivity index is 1.30. The van der Waals surface area contributed by atoms with Crippen molar-refractivity contribution in [3.8, 4) is 0 Å². The van der Waals surface area contributed by atoms with Crippen molar-refractivity contribution >= 4 is 9.28 Å². The van der Waals surface area contributed by atoms with Crippen LogP contribution in [0.3, 0.4) is 0 Å². The van der Waals surface area contributed by atoms with Crippen molar-refractivity contribution in [2.24, 2.45) is 17.8 Å². The van der Waals surface area contributed by atoms with Gasteiger partial charge in [0.05, 0.1) is 6.10 Å². The standard InChI is InChI=1S/C13H27NO3Si/c1-10-11-12(10)13(11)17-8-4-6-14-7-5-9-18(15-2)16-3/h10-14,18H,4-9H2,1-3H3. The molecule has 0 saturated heterocycles. The topological polar surface area (TPSA) is 39.7 Å². The molecule has 18 heavy (non-hydrogen) atoms. The average molecular weight is 273 g/mol. The molecule has 2 aliphatic carbocycles. The zero-order chi connectivity index (χ0) is 13.0. The van der Waals surface area contributed by atoms with E-state index in [1.165, 1.54) is 0 Å². The van der Waals surface area contributed by atoms with Crippen LogP contribution in [0.2, 0.25) is 6.04 Å². The predicted octanol–water partition coefficient (Wildman–Crippen LogP) is 1.15. The van der Waals surface area contributed by atoms with Gasteiger partial charge in [-0.15, -0.1) is 0 Å². The molecule has 0 bridgehead atoms. The van der Waals surface area contributed by atoms with Crippen molar-refractivity contribution in [2.75, 3.05) is 33.9 Å². The van der Waals surface area contributed by atoms with E-state index in [9.17, 15) is 0 Å². The normalized spacial score (nSPS) is 32.7. The SMILES string of the molecule is CO[SiH](CCCNCCCOC1C2C(C)C12)OC. The molecule has 2 rings (SSSR count). The van der Waals surface area contributed by atoms with Gasteiger partial charge in [0.15, 0.2) is 0 Å². The van der Waals surface area contributed by atoms with Crippen LogP contribution >= 0.6 is 0 Å². The molecule has 0 spiro atoms. The highest BCUT2D eigenvalue weighted by molar-refractivity contribution is 6.44. The second kappa shape index (κ2) is 7.00. The van der Waals surface area contributed by atoms with E-state index in [0.717, 1.165) is 56.3 Å². The van der Waals surface area contributed by atoms with Crippen molar-refractivity contribution in [3.63, 3.8) is 0 Å². The molecule has 0 heterocycles. The molecule has 0 radical (unpaired) electrons. The van der Waals surface area contributed by atoms with Crippen molar-refractivity contribution in [2.45, 2.75) is 31.9 Å². The van der Waals surface area contributed by atoms with Crippen LogP contribution in [0.4, 0.5) is 0 Å². The lowest BCUT2D eigenvalue weighted by molar-refractivity contribution is 0.0711. The smallest absolute Gasteiger partial charge is 0.320 e. The Morgan fingerprint density at radius 3 is 2.33 bits per heavy atom. The molecule has 0 aromatic rings. The highest BCUT2D eigenvalue weighted by Gasteiger charge is 2.72. The van der Waals surface area contributed by atoms with E-state index >= 15 is 0 Å². The van der Waals surface area contributed by atoms with Gasteiger partial charge in [-0.3, -0.25) is 0 Å². The van der Waals surface area contributed by atoms with Crippen molar-refractivity contribution < 1.29 is 13.6 Å². The third-order valence-corrected chi connectivity index (χ3v) is 6.19. The molecular formula is C13H27NO3Si. The van der Waals surface area contributed by atoms with Gasteiger partial charge >= 0.3 is 9.28 Å². The monoisotopic (exact) mass is 273 g/mol. The van der Waals surface area contributed by atoms with Gasteiger partial charge in [0, 0.05) is 20.8 Å². The third kappa shape index (κ3) is 3.77. The second-order valence-electron chi connectivity index (χ2n) is 5.50. The number of rotatable bonds is 11. The first-order valence-corrected chi connectivity index (χ1v) is 8.93. The highest BCUT2D eigenvalue weighted by atomic mass is 28.3. The van der Waals surface area contributed by atoms with Crippen LogP contribution in [0.1, 0.15) is 19.8 Å². The van der Waals surface area contributed by atoms with E-state index in [-0.39, 0.29) is 0 Å². The first-order chi connectivity index (χ1) is 8.79. The van der Waals surface area contributed by atoms with Gasteiger partial charge in [-0.1, -0.05) is 6.92 Å². The molecule has 0 aromatic heterocycles. The van der Waals surface area contributed by atoms with E-state index in [1.807, 2.05) is 0 Å². The van der Waals surface area contributed by atoms with Crippen LogP contribution in [-0.2, 0) is 13.6 Å². The van der Waals surface area contributed by atoms with E-state index in [2.05, 4.69) is 12.2 Å². The van der Waals surface area contributed by atoms with Crippen molar-refractivity contribution in [1.82, 2.24) is 5.32 Å². The summed E-state index contributed by atoms with van der Waals surface area (Å²) in [4.78, 5) is 0. The lowest BCUT2D eigenvalue weighted by atomic mass is 10.2. The van der Waals surface area contributed by atoms with Crippen LogP contribution < -0.4 is 5.32 Å². The van der Waals surface area contributed by atoms with Crippen molar-refractivity contribution in [1.29, 1.82) is 0 Å². The maximum atomic E-state index is 5.79. The molecule has 2 atom stereocenters. The van der Waals surface area contributed by atoms with Gasteiger partial charge in [-0.2, -0.15) is 0 Å². The molecule has 0 aliphatic heterocycles. The Bertz CT molecular complexity index is 240. The van der Waals surface area contributed by atoms with Gasteiger partial charge in [0.2, 0.25) is 0 Å². The minimum absolute atomic E-state index is 0.634. The Hall–Kier alpha value is 0.0569. The fraction of sp³-hybridized carbons (Fsp3) is 1.00. The summed E-state index contributed by atoms with van der Waals surface area (Å²) >= 11 is 0. The molecule has 4 nitrogen and oxygen atoms in total. The van der Waals surface area contributed by atoms with E-state index in [1.54, 1.807) is 14.2 Å². The summed E-state index contributed by atoms with van der Waals surface area (Å²) in [6.45, 7) is 5.37. The van der Waals surface area contributed by atoms with Gasteiger partial charge in [-0.25, -0.2) is 0 Å². The first-order valence-electron chi connectivity index (χ1n) is 7.17. The first kappa shape index (κ1) is 14.5. The van der Waals surface area contributed by atoms with Gasteiger partial charge in [-0.05, 0) is 49.7 Å². The Morgan fingerprint density at radius 1 is 1.06 bits per heavy atom. The number of fused-ring (bicyclic) bond motifs is 1. The van der Waals surface area contributed by atoms with Gasteiger partial charge < -0.3 is 18.9 Å². The number of ether oxygens (including phenoxy) is 1. The minimum atomic E-state index is -1.34. The molecule has 5 heteroatoms. The molecule has 2 saturated carbocycles. The molecule has 2 aliphatic rings. The van der Waals surface area contributed by atoms with Crippen LogP contribution in [0.5, 0.6) is 0 Å². The molecular weight excluding hydrogens is 246 g/mol. The maximum Gasteiger partial charge on any atom is 0.320 e. The van der Waals surface area contributed by atoms with Crippen LogP contribution in [0, 0.1) is 17.8 Å². The van der Waals surface area contributed by atoms with E-state index in [0.29, 0.717) is 6.10 Å². The van der Waals surface area contributed by atoms with Gasteiger partial charge in [0.1, 0.15) is 0 Å². The van der Waals surface area contributed by atoms with Crippen LogP contribution in [0.15, 0.2) is 0 Å². The summed E-state index contributed by atoms with van der Waals surface area (Å²) < 4.78 is 16.3. The number of hydrogen-bond acceptors (Lipinski definition) is 4. The lowest BCUT2D eigenvalue weighted by Gasteiger charge is -2.11. The summed E-state index contributed by atoms with van der Waals surface area (Å²) in [6.07, 6.45) is 2.90. The average Bonchev–Trinajstić information content (AvgIpc) is 3.27. The van der Waals surface area contributed by atoms with Crippen LogP contribution in [0.25, 0.3) is 0 Å². The quantitative estimate of drug-likeness (QED) is 0.453. The molecule has 2 fully saturated rings. The summed E-state index contributed by atoms with van der Waals surface area (Å²) in [5.41, 5.74) is 0. The largest absolute Gasteiger partial charge is 0.400 e. The Labute approximate surface area is 112 Å². The lowest BCUT2D eigenvalue weighted by Crippen LogP contribution is -2.23.